The molecule has 2 atom stereocenters. The summed E-state index contributed by atoms with van der Waals surface area (Å²) in [6.45, 7) is 0. The van der Waals surface area contributed by atoms with Gasteiger partial charge in [0.2, 0.25) is 0 Å². The van der Waals surface area contributed by atoms with Gasteiger partial charge < -0.3 is 0 Å². The molecule has 0 amide bonds. The molecule has 0 aromatic heterocycles. The van der Waals surface area contributed by atoms with Gasteiger partial charge in [0.1, 0.15) is 0 Å². The SMILES string of the molecule is CS(=O)(=O)c1ccccc1C1ON1S(=O)(=O)c1ccccc1. The molecule has 2 aromatic rings. The van der Waals surface area contributed by atoms with Gasteiger partial charge in [0.25, 0.3) is 10.0 Å². The van der Waals surface area contributed by atoms with Crippen LogP contribution in [0.15, 0.2) is 64.4 Å². The van der Waals surface area contributed by atoms with E-state index in [1.165, 1.54) is 18.2 Å². The van der Waals surface area contributed by atoms with E-state index in [1.54, 1.807) is 36.4 Å². The molecule has 6 nitrogen and oxygen atoms in total. The van der Waals surface area contributed by atoms with Gasteiger partial charge in [-0.3, -0.25) is 4.84 Å². The summed E-state index contributed by atoms with van der Waals surface area (Å²) in [7, 11) is -7.28. The zero-order valence-electron chi connectivity index (χ0n) is 11.6. The molecule has 1 aliphatic heterocycles. The third kappa shape index (κ3) is 2.66. The van der Waals surface area contributed by atoms with Crippen molar-refractivity contribution in [3.63, 3.8) is 0 Å². The highest BCUT2D eigenvalue weighted by Crippen LogP contribution is 2.44. The second kappa shape index (κ2) is 5.17. The van der Waals surface area contributed by atoms with E-state index < -0.39 is 26.1 Å². The minimum absolute atomic E-state index is 0.0609. The van der Waals surface area contributed by atoms with E-state index in [1.807, 2.05) is 0 Å². The largest absolute Gasteiger partial charge is 0.267 e. The third-order valence-corrected chi connectivity index (χ3v) is 6.00. The molecular formula is C14H13NO5S2. The standard InChI is InChI=1S/C14H13NO5S2/c1-21(16,17)13-10-6-5-9-12(13)14-15(20-14)22(18,19)11-7-3-2-4-8-11/h2-10,14H,1H3. The fourth-order valence-electron chi connectivity index (χ4n) is 2.14. The quantitative estimate of drug-likeness (QED) is 0.792. The van der Waals surface area contributed by atoms with Crippen LogP contribution in [0.25, 0.3) is 0 Å². The van der Waals surface area contributed by atoms with E-state index in [2.05, 4.69) is 0 Å². The van der Waals surface area contributed by atoms with Gasteiger partial charge in [-0.15, -0.1) is 0 Å². The molecule has 1 heterocycles. The summed E-state index contributed by atoms with van der Waals surface area (Å²) in [6, 6.07) is 14.0. The average molecular weight is 339 g/mol. The first-order valence-corrected chi connectivity index (χ1v) is 9.70. The maximum absolute atomic E-state index is 12.4. The molecule has 2 aromatic carbocycles. The summed E-state index contributed by atoms with van der Waals surface area (Å²) >= 11 is 0. The summed E-state index contributed by atoms with van der Waals surface area (Å²) in [4.78, 5) is 5.29. The van der Waals surface area contributed by atoms with Crippen LogP contribution in [-0.4, -0.2) is 27.6 Å². The van der Waals surface area contributed by atoms with E-state index in [-0.39, 0.29) is 9.79 Å². The third-order valence-electron chi connectivity index (χ3n) is 3.21. The number of rotatable bonds is 4. The lowest BCUT2D eigenvalue weighted by Gasteiger charge is -2.05. The van der Waals surface area contributed by atoms with Crippen molar-refractivity contribution in [1.82, 2.24) is 4.47 Å². The lowest BCUT2D eigenvalue weighted by molar-refractivity contribution is 0.283. The lowest BCUT2D eigenvalue weighted by Crippen LogP contribution is -2.13. The van der Waals surface area contributed by atoms with E-state index >= 15 is 0 Å². The van der Waals surface area contributed by atoms with Crippen LogP contribution in [0, 0.1) is 0 Å². The van der Waals surface area contributed by atoms with Gasteiger partial charge >= 0.3 is 0 Å². The van der Waals surface area contributed by atoms with Gasteiger partial charge in [-0.2, -0.15) is 0 Å². The van der Waals surface area contributed by atoms with Crippen molar-refractivity contribution in [2.75, 3.05) is 6.26 Å². The Balaban J connectivity index is 1.97. The van der Waals surface area contributed by atoms with Crippen molar-refractivity contribution >= 4 is 19.9 Å². The van der Waals surface area contributed by atoms with Crippen LogP contribution in [0.3, 0.4) is 0 Å². The van der Waals surface area contributed by atoms with Crippen LogP contribution in [-0.2, 0) is 24.7 Å². The van der Waals surface area contributed by atoms with E-state index in [0.29, 0.717) is 5.56 Å². The number of benzene rings is 2. The van der Waals surface area contributed by atoms with Crippen molar-refractivity contribution < 1.29 is 21.7 Å². The number of hydrogen-bond donors (Lipinski definition) is 0. The van der Waals surface area contributed by atoms with Gasteiger partial charge in [0.15, 0.2) is 16.1 Å². The number of hydrogen-bond acceptors (Lipinski definition) is 5. The maximum Gasteiger partial charge on any atom is 0.267 e. The minimum Gasteiger partial charge on any atom is -0.253 e. The first-order valence-electron chi connectivity index (χ1n) is 6.37. The summed E-state index contributed by atoms with van der Waals surface area (Å²) in [5.74, 6) is 0. The first kappa shape index (κ1) is 15.2. The second-order valence-corrected chi connectivity index (χ2v) is 8.61. The van der Waals surface area contributed by atoms with Crippen LogP contribution in [0.4, 0.5) is 0 Å². The van der Waals surface area contributed by atoms with Crippen molar-refractivity contribution in [3.05, 3.63) is 60.2 Å². The Hall–Kier alpha value is -1.74. The van der Waals surface area contributed by atoms with E-state index in [9.17, 15) is 16.8 Å². The van der Waals surface area contributed by atoms with Crippen molar-refractivity contribution in [1.29, 1.82) is 0 Å². The molecule has 0 bridgehead atoms. The van der Waals surface area contributed by atoms with E-state index in [0.717, 1.165) is 10.7 Å². The molecule has 1 aliphatic rings. The predicted octanol–water partition coefficient (Wildman–Crippen LogP) is 1.72. The molecule has 1 fully saturated rings. The van der Waals surface area contributed by atoms with Crippen molar-refractivity contribution in [2.45, 2.75) is 16.0 Å². The zero-order valence-corrected chi connectivity index (χ0v) is 13.2. The van der Waals surface area contributed by atoms with Crippen molar-refractivity contribution in [2.24, 2.45) is 0 Å². The number of hydroxylamine groups is 1. The van der Waals surface area contributed by atoms with Gasteiger partial charge in [0.05, 0.1) is 9.79 Å². The zero-order chi connectivity index (χ0) is 16.0. The molecule has 8 heteroatoms. The van der Waals surface area contributed by atoms with Crippen LogP contribution < -0.4 is 0 Å². The second-order valence-electron chi connectivity index (χ2n) is 4.84. The minimum atomic E-state index is -3.81. The van der Waals surface area contributed by atoms with Crippen LogP contribution in [0.5, 0.6) is 0 Å². The number of nitrogens with zero attached hydrogens (tertiary/aromatic N) is 1. The summed E-state index contributed by atoms with van der Waals surface area (Å²) in [5.41, 5.74) is 0.310. The molecule has 2 unspecified atom stereocenters. The van der Waals surface area contributed by atoms with Gasteiger partial charge in [-0.05, 0) is 22.7 Å². The smallest absolute Gasteiger partial charge is 0.253 e. The Morgan fingerprint density at radius 1 is 0.909 bits per heavy atom. The molecule has 0 saturated carbocycles. The van der Waals surface area contributed by atoms with Crippen molar-refractivity contribution in [3.8, 4) is 0 Å². The Kier molecular flexibility index (Phi) is 3.56. The molecule has 116 valence electrons. The van der Waals surface area contributed by atoms with E-state index in [4.69, 9.17) is 4.84 Å². The monoisotopic (exact) mass is 339 g/mol. The van der Waals surface area contributed by atoms with Gasteiger partial charge in [0, 0.05) is 11.8 Å². The van der Waals surface area contributed by atoms with Gasteiger partial charge in [-0.25, -0.2) is 16.8 Å². The summed E-state index contributed by atoms with van der Waals surface area (Å²) < 4.78 is 49.2. The Bertz CT molecular complexity index is 907. The van der Waals surface area contributed by atoms with Crippen LogP contribution in [0.1, 0.15) is 11.8 Å². The molecule has 3 rings (SSSR count). The molecule has 0 spiro atoms. The summed E-state index contributed by atoms with van der Waals surface area (Å²) in [5, 5.41) is 0. The molecule has 0 aliphatic carbocycles. The molecule has 1 saturated heterocycles. The fourth-order valence-corrected chi connectivity index (χ4v) is 4.33. The molecule has 0 N–H and O–H groups in total. The first-order chi connectivity index (χ1) is 10.3. The molecular weight excluding hydrogens is 326 g/mol. The lowest BCUT2D eigenvalue weighted by atomic mass is 10.2. The number of sulfonamides is 1. The number of sulfone groups is 1. The predicted molar refractivity (Wildman–Crippen MR) is 78.8 cm³/mol. The normalized spacial score (nSPS) is 21.5. The Morgan fingerprint density at radius 2 is 1.50 bits per heavy atom. The molecule has 0 radical (unpaired) electrons. The highest BCUT2D eigenvalue weighted by atomic mass is 32.2. The highest BCUT2D eigenvalue weighted by molar-refractivity contribution is 7.90. The Labute approximate surface area is 128 Å². The van der Waals surface area contributed by atoms with Gasteiger partial charge in [-0.1, -0.05) is 36.4 Å². The topological polar surface area (TPSA) is 83.8 Å². The summed E-state index contributed by atoms with van der Waals surface area (Å²) in [6.07, 6.45) is 0.153. The highest BCUT2D eigenvalue weighted by Gasteiger charge is 2.50. The van der Waals surface area contributed by atoms with Crippen LogP contribution >= 0.6 is 0 Å². The fraction of sp³-hybridized carbons (Fsp3) is 0.143. The van der Waals surface area contributed by atoms with Crippen LogP contribution in [0.2, 0.25) is 0 Å². The molecule has 22 heavy (non-hydrogen) atoms. The maximum atomic E-state index is 12.4. The average Bonchev–Trinajstić information content (AvgIpc) is 3.28. The Morgan fingerprint density at radius 3 is 2.14 bits per heavy atom.